The molecule has 1 aliphatic heterocycles. The first kappa shape index (κ1) is 9.59. The fraction of sp³-hybridized carbons (Fsp3) is 0.273. The fourth-order valence-corrected chi connectivity index (χ4v) is 2.36. The van der Waals surface area contributed by atoms with E-state index >= 15 is 0 Å². The number of nitrogens with one attached hydrogen (secondary N) is 1. The summed E-state index contributed by atoms with van der Waals surface area (Å²) in [4.78, 5) is 4.37. The Bertz CT molecular complexity index is 486. The van der Waals surface area contributed by atoms with Gasteiger partial charge in [-0.15, -0.1) is 0 Å². The van der Waals surface area contributed by atoms with E-state index in [1.807, 2.05) is 25.2 Å². The van der Waals surface area contributed by atoms with Crippen molar-refractivity contribution in [3.63, 3.8) is 0 Å². The fourth-order valence-electron chi connectivity index (χ4n) is 1.79. The van der Waals surface area contributed by atoms with Crippen LogP contribution in [0.1, 0.15) is 17.5 Å². The summed E-state index contributed by atoms with van der Waals surface area (Å²) in [6.07, 6.45) is 0.825. The van der Waals surface area contributed by atoms with Crippen molar-refractivity contribution in [2.45, 2.75) is 12.5 Å². The lowest BCUT2D eigenvalue weighted by Gasteiger charge is -2.05. The minimum absolute atomic E-state index is 0.0317. The van der Waals surface area contributed by atoms with E-state index in [2.05, 4.69) is 20.7 Å². The predicted octanol–water partition coefficient (Wildman–Crippen LogP) is 2.26. The molecule has 2 heterocycles. The Morgan fingerprint density at radius 3 is 3.06 bits per heavy atom. The van der Waals surface area contributed by atoms with Crippen molar-refractivity contribution in [2.75, 3.05) is 12.4 Å². The summed E-state index contributed by atoms with van der Waals surface area (Å²) in [6.45, 7) is 0. The lowest BCUT2D eigenvalue weighted by Crippen LogP contribution is -2.05. The molecule has 5 heteroatoms. The van der Waals surface area contributed by atoms with E-state index in [0.29, 0.717) is 0 Å². The quantitative estimate of drug-likeness (QED) is 0.864. The van der Waals surface area contributed by atoms with E-state index in [1.54, 1.807) is 0 Å². The van der Waals surface area contributed by atoms with Crippen molar-refractivity contribution in [2.24, 2.45) is 0 Å². The van der Waals surface area contributed by atoms with E-state index in [-0.39, 0.29) is 6.10 Å². The van der Waals surface area contributed by atoms with Gasteiger partial charge in [0.2, 0.25) is 5.13 Å². The molecule has 0 saturated carbocycles. The first-order valence-corrected chi connectivity index (χ1v) is 5.90. The maximum atomic E-state index is 5.80. The SMILES string of the molecule is CNc1nc(C2Cc3ccccc3O2)ns1. The van der Waals surface area contributed by atoms with Gasteiger partial charge in [-0.1, -0.05) is 18.2 Å². The van der Waals surface area contributed by atoms with Crippen molar-refractivity contribution < 1.29 is 4.74 Å². The first-order valence-electron chi connectivity index (χ1n) is 5.13. The standard InChI is InChI=1S/C11H11N3OS/c1-12-11-13-10(14-16-11)9-6-7-4-2-3-5-8(7)15-9/h2-5,9H,6H2,1H3,(H,12,13,14). The van der Waals surface area contributed by atoms with Crippen LogP contribution >= 0.6 is 11.5 Å². The molecule has 0 amide bonds. The smallest absolute Gasteiger partial charge is 0.202 e. The van der Waals surface area contributed by atoms with Crippen LogP contribution in [0.15, 0.2) is 24.3 Å². The van der Waals surface area contributed by atoms with E-state index in [9.17, 15) is 0 Å². The molecule has 0 spiro atoms. The van der Waals surface area contributed by atoms with Gasteiger partial charge in [0.25, 0.3) is 0 Å². The lowest BCUT2D eigenvalue weighted by molar-refractivity contribution is 0.229. The summed E-state index contributed by atoms with van der Waals surface area (Å²) in [5, 5.41) is 3.81. The molecule has 0 fully saturated rings. The highest BCUT2D eigenvalue weighted by Gasteiger charge is 2.27. The Morgan fingerprint density at radius 1 is 1.44 bits per heavy atom. The molecule has 1 atom stereocenters. The summed E-state index contributed by atoms with van der Waals surface area (Å²) < 4.78 is 10.1. The number of fused-ring (bicyclic) bond motifs is 1. The molecule has 16 heavy (non-hydrogen) atoms. The van der Waals surface area contributed by atoms with Crippen LogP contribution in [0.2, 0.25) is 0 Å². The van der Waals surface area contributed by atoms with Gasteiger partial charge in [0, 0.05) is 25.0 Å². The Labute approximate surface area is 97.5 Å². The maximum absolute atomic E-state index is 5.80. The van der Waals surface area contributed by atoms with E-state index < -0.39 is 0 Å². The highest BCUT2D eigenvalue weighted by Crippen LogP contribution is 2.35. The normalized spacial score (nSPS) is 17.9. The van der Waals surface area contributed by atoms with Crippen LogP contribution in [0, 0.1) is 0 Å². The third kappa shape index (κ3) is 1.53. The van der Waals surface area contributed by atoms with Crippen molar-refractivity contribution in [3.8, 4) is 5.75 Å². The molecule has 0 aliphatic carbocycles. The van der Waals surface area contributed by atoms with Gasteiger partial charge in [0.05, 0.1) is 0 Å². The number of rotatable bonds is 2. The minimum atomic E-state index is -0.0317. The molecule has 1 aliphatic rings. The summed E-state index contributed by atoms with van der Waals surface area (Å²) in [5.74, 6) is 1.72. The minimum Gasteiger partial charge on any atom is -0.482 e. The molecule has 0 saturated heterocycles. The van der Waals surface area contributed by atoms with Gasteiger partial charge in [-0.25, -0.2) is 0 Å². The molecule has 0 radical (unpaired) electrons. The maximum Gasteiger partial charge on any atom is 0.202 e. The second-order valence-electron chi connectivity index (χ2n) is 3.63. The Balaban J connectivity index is 1.85. The zero-order valence-corrected chi connectivity index (χ0v) is 9.62. The highest BCUT2D eigenvalue weighted by molar-refractivity contribution is 7.09. The molecule has 0 bridgehead atoms. The van der Waals surface area contributed by atoms with Gasteiger partial charge in [-0.3, -0.25) is 0 Å². The number of hydrogen-bond acceptors (Lipinski definition) is 5. The van der Waals surface area contributed by atoms with Gasteiger partial charge in [0.1, 0.15) is 5.75 Å². The number of nitrogens with zero attached hydrogens (tertiary/aromatic N) is 2. The van der Waals surface area contributed by atoms with Crippen molar-refractivity contribution >= 4 is 16.7 Å². The molecule has 1 unspecified atom stereocenters. The average molecular weight is 233 g/mol. The van der Waals surface area contributed by atoms with Crippen LogP contribution < -0.4 is 10.1 Å². The van der Waals surface area contributed by atoms with E-state index in [1.165, 1.54) is 17.1 Å². The Kier molecular flexibility index (Phi) is 2.25. The molecular weight excluding hydrogens is 222 g/mol. The van der Waals surface area contributed by atoms with Crippen molar-refractivity contribution in [1.82, 2.24) is 9.36 Å². The topological polar surface area (TPSA) is 47.0 Å². The Morgan fingerprint density at radius 2 is 2.31 bits per heavy atom. The zero-order chi connectivity index (χ0) is 11.0. The third-order valence-corrected chi connectivity index (χ3v) is 3.34. The number of ether oxygens (including phenoxy) is 1. The monoisotopic (exact) mass is 233 g/mol. The Hall–Kier alpha value is -1.62. The molecule has 2 aromatic rings. The lowest BCUT2D eigenvalue weighted by atomic mass is 10.1. The highest BCUT2D eigenvalue weighted by atomic mass is 32.1. The average Bonchev–Trinajstić information content (AvgIpc) is 2.95. The van der Waals surface area contributed by atoms with Gasteiger partial charge >= 0.3 is 0 Å². The summed E-state index contributed by atoms with van der Waals surface area (Å²) in [7, 11) is 1.84. The molecule has 82 valence electrons. The molecule has 1 aromatic heterocycles. The molecule has 3 rings (SSSR count). The van der Waals surface area contributed by atoms with E-state index in [4.69, 9.17) is 4.74 Å². The van der Waals surface area contributed by atoms with Gasteiger partial charge in [-0.2, -0.15) is 9.36 Å². The summed E-state index contributed by atoms with van der Waals surface area (Å²) in [5.41, 5.74) is 1.23. The van der Waals surface area contributed by atoms with Crippen LogP contribution in [0.4, 0.5) is 5.13 Å². The first-order chi connectivity index (χ1) is 7.86. The summed E-state index contributed by atoms with van der Waals surface area (Å²) in [6, 6.07) is 8.08. The molecular formula is C11H11N3OS. The zero-order valence-electron chi connectivity index (χ0n) is 8.80. The van der Waals surface area contributed by atoms with Gasteiger partial charge in [0.15, 0.2) is 11.9 Å². The number of aromatic nitrogens is 2. The second-order valence-corrected chi connectivity index (χ2v) is 4.38. The van der Waals surface area contributed by atoms with E-state index in [0.717, 1.165) is 23.1 Å². The van der Waals surface area contributed by atoms with Crippen LogP contribution in [0.25, 0.3) is 0 Å². The largest absolute Gasteiger partial charge is 0.482 e. The van der Waals surface area contributed by atoms with Gasteiger partial charge in [-0.05, 0) is 11.6 Å². The van der Waals surface area contributed by atoms with Gasteiger partial charge < -0.3 is 10.1 Å². The third-order valence-electron chi connectivity index (χ3n) is 2.59. The van der Waals surface area contributed by atoms with Crippen molar-refractivity contribution in [3.05, 3.63) is 35.7 Å². The molecule has 1 N–H and O–H groups in total. The van der Waals surface area contributed by atoms with Crippen molar-refractivity contribution in [1.29, 1.82) is 0 Å². The van der Waals surface area contributed by atoms with Crippen LogP contribution in [-0.4, -0.2) is 16.4 Å². The second kappa shape index (κ2) is 3.75. The number of anilines is 1. The number of hydrogen-bond donors (Lipinski definition) is 1. The number of benzene rings is 1. The van der Waals surface area contributed by atoms with Crippen LogP contribution in [0.3, 0.4) is 0 Å². The molecule has 1 aromatic carbocycles. The predicted molar refractivity (Wildman–Crippen MR) is 63.0 cm³/mol. The molecule has 4 nitrogen and oxygen atoms in total. The summed E-state index contributed by atoms with van der Waals surface area (Å²) >= 11 is 1.36. The van der Waals surface area contributed by atoms with Crippen LogP contribution in [-0.2, 0) is 6.42 Å². The number of para-hydroxylation sites is 1. The van der Waals surface area contributed by atoms with Crippen LogP contribution in [0.5, 0.6) is 5.75 Å².